The monoisotopic (exact) mass is 427 g/mol. The van der Waals surface area contributed by atoms with E-state index >= 15 is 0 Å². The van der Waals surface area contributed by atoms with Crippen molar-refractivity contribution < 1.29 is 9.78 Å². The maximum absolute atomic E-state index is 12.8. The molecule has 0 unspecified atom stereocenters. The van der Waals surface area contributed by atoms with Crippen LogP contribution in [0.4, 0.5) is 5.69 Å². The van der Waals surface area contributed by atoms with Gasteiger partial charge in [0.05, 0.1) is 28.3 Å². The summed E-state index contributed by atoms with van der Waals surface area (Å²) < 4.78 is 1.74. The van der Waals surface area contributed by atoms with Crippen molar-refractivity contribution in [2.24, 2.45) is 0 Å². The number of carbonyl (C=O) groups excluding carboxylic acids is 1. The molecule has 5 aromatic rings. The van der Waals surface area contributed by atoms with Gasteiger partial charge in [-0.15, -0.1) is 0 Å². The standard InChI is InChI=1S/C21H14N8OS/c22-5-13-3-15(7-23-6-13)14-1-2-18-19(4-14)27-28-20(18)21(30)26-16-8-25-29(9-16)10-17-11-31-12-24-17/h1-4,6-9,11-12H,10H2,(H,26,30)(H,27,28)/p+1. The summed E-state index contributed by atoms with van der Waals surface area (Å²) in [5, 5.41) is 26.0. The molecule has 0 spiro atoms. The van der Waals surface area contributed by atoms with Crippen LogP contribution in [-0.2, 0) is 6.54 Å². The molecule has 0 bridgehead atoms. The SMILES string of the molecule is N#Cc1cncc(-c2ccc3c(C(=O)Nc4cnn(Cc5csc[nH+]5)c4)n[nH]c3c2)c1. The van der Waals surface area contributed by atoms with Crippen molar-refractivity contribution in [2.75, 3.05) is 5.32 Å². The average Bonchev–Trinajstić information content (AvgIpc) is 3.55. The van der Waals surface area contributed by atoms with Gasteiger partial charge in [-0.3, -0.25) is 19.6 Å². The highest BCUT2D eigenvalue weighted by molar-refractivity contribution is 7.07. The molecule has 5 rings (SSSR count). The van der Waals surface area contributed by atoms with Crippen LogP contribution < -0.4 is 10.3 Å². The Morgan fingerprint density at radius 2 is 2.19 bits per heavy atom. The van der Waals surface area contributed by atoms with Gasteiger partial charge in [0.1, 0.15) is 12.6 Å². The number of aromatic nitrogens is 6. The van der Waals surface area contributed by atoms with Crippen LogP contribution in [0.5, 0.6) is 0 Å². The third-order valence-electron chi connectivity index (χ3n) is 4.72. The lowest BCUT2D eigenvalue weighted by Gasteiger charge is -2.03. The van der Waals surface area contributed by atoms with Crippen molar-refractivity contribution in [2.45, 2.75) is 6.54 Å². The molecule has 1 aromatic carbocycles. The molecule has 0 saturated carbocycles. The molecule has 1 amide bonds. The molecule has 0 aliphatic carbocycles. The van der Waals surface area contributed by atoms with Gasteiger partial charge in [0.25, 0.3) is 5.91 Å². The summed E-state index contributed by atoms with van der Waals surface area (Å²) >= 11 is 1.58. The fraction of sp³-hybridized carbons (Fsp3) is 0.0476. The van der Waals surface area contributed by atoms with Crippen LogP contribution in [0.1, 0.15) is 21.7 Å². The summed E-state index contributed by atoms with van der Waals surface area (Å²) in [6, 6.07) is 9.44. The molecule has 0 aliphatic rings. The minimum Gasteiger partial charge on any atom is -0.318 e. The first-order chi connectivity index (χ1) is 15.2. The smallest absolute Gasteiger partial charge is 0.276 e. The van der Waals surface area contributed by atoms with E-state index in [2.05, 4.69) is 36.7 Å². The number of nitrogens with zero attached hydrogens (tertiary/aromatic N) is 5. The zero-order valence-electron chi connectivity index (χ0n) is 16.0. The molecule has 0 aliphatic heterocycles. The Morgan fingerprint density at radius 3 is 3.03 bits per heavy atom. The van der Waals surface area contributed by atoms with Crippen molar-refractivity contribution >= 4 is 33.8 Å². The molecule has 31 heavy (non-hydrogen) atoms. The lowest BCUT2D eigenvalue weighted by atomic mass is 10.0. The van der Waals surface area contributed by atoms with E-state index in [1.54, 1.807) is 40.7 Å². The average molecular weight is 427 g/mol. The first-order valence-corrected chi connectivity index (χ1v) is 10.2. The van der Waals surface area contributed by atoms with E-state index in [0.717, 1.165) is 16.8 Å². The van der Waals surface area contributed by atoms with Gasteiger partial charge in [-0.05, 0) is 23.8 Å². The summed E-state index contributed by atoms with van der Waals surface area (Å²) in [4.78, 5) is 20.0. The van der Waals surface area contributed by atoms with Crippen LogP contribution in [0, 0.1) is 11.3 Å². The summed E-state index contributed by atoms with van der Waals surface area (Å²) in [6.07, 6.45) is 6.58. The largest absolute Gasteiger partial charge is 0.318 e. The predicted octanol–water partition coefficient (Wildman–Crippen LogP) is 2.87. The predicted molar refractivity (Wildman–Crippen MR) is 114 cm³/mol. The first-order valence-electron chi connectivity index (χ1n) is 9.30. The highest BCUT2D eigenvalue weighted by Gasteiger charge is 2.16. The Balaban J connectivity index is 1.36. The fourth-order valence-corrected chi connectivity index (χ4v) is 3.85. The molecule has 0 radical (unpaired) electrons. The maximum Gasteiger partial charge on any atom is 0.276 e. The minimum absolute atomic E-state index is 0.296. The van der Waals surface area contributed by atoms with Gasteiger partial charge in [0.2, 0.25) is 11.2 Å². The van der Waals surface area contributed by atoms with E-state index in [-0.39, 0.29) is 5.91 Å². The Labute approximate surface area is 180 Å². The number of hydrogen-bond acceptors (Lipinski definition) is 6. The second kappa shape index (κ2) is 7.81. The van der Waals surface area contributed by atoms with E-state index in [1.807, 2.05) is 29.1 Å². The highest BCUT2D eigenvalue weighted by Crippen LogP contribution is 2.25. The lowest BCUT2D eigenvalue weighted by molar-refractivity contribution is -0.383. The molecule has 0 fully saturated rings. The molecule has 0 atom stereocenters. The molecule has 10 heteroatoms. The summed E-state index contributed by atoms with van der Waals surface area (Å²) in [7, 11) is 0. The molecule has 4 aromatic heterocycles. The van der Waals surface area contributed by atoms with Gasteiger partial charge in [-0.1, -0.05) is 17.4 Å². The van der Waals surface area contributed by atoms with Crippen molar-refractivity contribution in [3.63, 3.8) is 0 Å². The molecule has 150 valence electrons. The Morgan fingerprint density at radius 1 is 1.26 bits per heavy atom. The van der Waals surface area contributed by atoms with Gasteiger partial charge in [-0.2, -0.15) is 15.5 Å². The number of pyridine rings is 1. The normalized spacial score (nSPS) is 10.8. The number of benzene rings is 1. The van der Waals surface area contributed by atoms with E-state index in [9.17, 15) is 4.79 Å². The number of thiazole rings is 1. The number of aromatic amines is 2. The van der Waals surface area contributed by atoms with Gasteiger partial charge in [0, 0.05) is 29.5 Å². The highest BCUT2D eigenvalue weighted by atomic mass is 32.1. The van der Waals surface area contributed by atoms with E-state index < -0.39 is 0 Å². The zero-order chi connectivity index (χ0) is 21.2. The number of nitrogens with one attached hydrogen (secondary N) is 3. The van der Waals surface area contributed by atoms with Gasteiger partial charge >= 0.3 is 0 Å². The quantitative estimate of drug-likeness (QED) is 0.446. The second-order valence-electron chi connectivity index (χ2n) is 6.83. The third-order valence-corrected chi connectivity index (χ3v) is 5.40. The Bertz CT molecular complexity index is 1430. The summed E-state index contributed by atoms with van der Waals surface area (Å²) in [5.41, 5.74) is 6.71. The minimum atomic E-state index is -0.325. The number of nitriles is 1. The first kappa shape index (κ1) is 18.7. The maximum atomic E-state index is 12.8. The second-order valence-corrected chi connectivity index (χ2v) is 7.57. The summed E-state index contributed by atoms with van der Waals surface area (Å²) in [5.74, 6) is -0.325. The van der Waals surface area contributed by atoms with Gasteiger partial charge < -0.3 is 5.32 Å². The fourth-order valence-electron chi connectivity index (χ4n) is 3.25. The topological polar surface area (TPSA) is 126 Å². The van der Waals surface area contributed by atoms with Crippen molar-refractivity contribution in [3.8, 4) is 17.2 Å². The molecule has 9 nitrogen and oxygen atoms in total. The van der Waals surface area contributed by atoms with Crippen LogP contribution in [0.3, 0.4) is 0 Å². The molecule has 3 N–H and O–H groups in total. The number of hydrogen-bond donors (Lipinski definition) is 2. The molecule has 4 heterocycles. The number of H-pyrrole nitrogens is 2. The van der Waals surface area contributed by atoms with E-state index in [0.29, 0.717) is 34.4 Å². The lowest BCUT2D eigenvalue weighted by Crippen LogP contribution is -2.12. The molecular weight excluding hydrogens is 412 g/mol. The van der Waals surface area contributed by atoms with Crippen LogP contribution in [0.25, 0.3) is 22.0 Å². The molecular formula is C21H15N8OS+. The van der Waals surface area contributed by atoms with Gasteiger partial charge in [0.15, 0.2) is 5.69 Å². The van der Waals surface area contributed by atoms with Crippen molar-refractivity contribution in [3.05, 3.63) is 76.9 Å². The number of rotatable bonds is 5. The van der Waals surface area contributed by atoms with Crippen LogP contribution in [0.15, 0.2) is 59.9 Å². The van der Waals surface area contributed by atoms with E-state index in [1.165, 1.54) is 6.20 Å². The third kappa shape index (κ3) is 3.77. The van der Waals surface area contributed by atoms with Crippen LogP contribution in [0.2, 0.25) is 0 Å². The van der Waals surface area contributed by atoms with E-state index in [4.69, 9.17) is 5.26 Å². The molecule has 0 saturated heterocycles. The van der Waals surface area contributed by atoms with Gasteiger partial charge in [-0.25, -0.2) is 4.98 Å². The summed E-state index contributed by atoms with van der Waals surface area (Å²) in [6.45, 7) is 0.593. The van der Waals surface area contributed by atoms with Crippen molar-refractivity contribution in [1.29, 1.82) is 5.26 Å². The zero-order valence-corrected chi connectivity index (χ0v) is 16.8. The Kier molecular flexibility index (Phi) is 4.70. The number of carbonyl (C=O) groups is 1. The number of anilines is 1. The number of fused-ring (bicyclic) bond motifs is 1. The van der Waals surface area contributed by atoms with Crippen molar-refractivity contribution in [1.82, 2.24) is 25.0 Å². The number of amides is 1. The van der Waals surface area contributed by atoms with Crippen LogP contribution >= 0.6 is 11.3 Å². The Hall–Kier alpha value is -4.36. The van der Waals surface area contributed by atoms with Crippen LogP contribution in [-0.4, -0.2) is 30.9 Å².